The number of nitrogens with zero attached hydrogens (tertiary/aromatic N) is 2. The molecule has 0 radical (unpaired) electrons. The van der Waals surface area contributed by atoms with Crippen LogP contribution in [0.3, 0.4) is 0 Å². The highest BCUT2D eigenvalue weighted by molar-refractivity contribution is 7.87. The molecule has 5 unspecified atom stereocenters. The molecule has 0 aromatic heterocycles. The maximum absolute atomic E-state index is 12.8. The van der Waals surface area contributed by atoms with Crippen molar-refractivity contribution in [2.24, 2.45) is 5.92 Å². The number of amides is 1. The average Bonchev–Trinajstić information content (AvgIpc) is 2.74. The van der Waals surface area contributed by atoms with E-state index >= 15 is 0 Å². The third-order valence-corrected chi connectivity index (χ3v) is 10.0. The normalized spacial score (nSPS) is 37.5. The van der Waals surface area contributed by atoms with Crippen molar-refractivity contribution >= 4 is 16.7 Å². The van der Waals surface area contributed by atoms with Crippen LogP contribution in [-0.2, 0) is 21.1 Å². The first-order chi connectivity index (χ1) is 14.3. The SMILES string of the molecule is COc1ccc(C2(C3CCN(C)C4(CCS4=O)C3)CC(NC(C)=O)CCN2C)cc1. The second-order valence-corrected chi connectivity index (χ2v) is 11.2. The van der Waals surface area contributed by atoms with Crippen LogP contribution in [-0.4, -0.2) is 70.9 Å². The van der Waals surface area contributed by atoms with Crippen LogP contribution in [0.1, 0.15) is 44.6 Å². The van der Waals surface area contributed by atoms with E-state index in [4.69, 9.17) is 4.74 Å². The number of piperidine rings is 2. The predicted octanol–water partition coefficient (Wildman–Crippen LogP) is 2.31. The molecule has 3 fully saturated rings. The van der Waals surface area contributed by atoms with Gasteiger partial charge in [0.1, 0.15) is 5.75 Å². The van der Waals surface area contributed by atoms with Gasteiger partial charge in [-0.2, -0.15) is 0 Å². The van der Waals surface area contributed by atoms with Crippen LogP contribution in [0.25, 0.3) is 0 Å². The van der Waals surface area contributed by atoms with Crippen LogP contribution < -0.4 is 10.1 Å². The minimum absolute atomic E-state index is 0.0353. The van der Waals surface area contributed by atoms with Crippen LogP contribution in [0.15, 0.2) is 24.3 Å². The molecule has 0 aliphatic carbocycles. The Morgan fingerprint density at radius 2 is 1.83 bits per heavy atom. The summed E-state index contributed by atoms with van der Waals surface area (Å²) in [4.78, 5) is 16.5. The fourth-order valence-electron chi connectivity index (χ4n) is 6.11. The molecule has 4 rings (SSSR count). The fourth-order valence-corrected chi connectivity index (χ4v) is 7.78. The van der Waals surface area contributed by atoms with E-state index in [1.165, 1.54) is 5.56 Å². The van der Waals surface area contributed by atoms with Crippen LogP contribution in [0.2, 0.25) is 0 Å². The summed E-state index contributed by atoms with van der Waals surface area (Å²) < 4.78 is 18.2. The van der Waals surface area contributed by atoms with Crippen molar-refractivity contribution in [3.05, 3.63) is 29.8 Å². The van der Waals surface area contributed by atoms with Gasteiger partial charge in [0.15, 0.2) is 0 Å². The van der Waals surface area contributed by atoms with Crippen molar-refractivity contribution in [2.75, 3.05) is 40.0 Å². The highest BCUT2D eigenvalue weighted by atomic mass is 32.2. The van der Waals surface area contributed by atoms with Crippen molar-refractivity contribution in [1.29, 1.82) is 0 Å². The third-order valence-electron chi connectivity index (χ3n) is 7.90. The molecule has 3 heterocycles. The Labute approximate surface area is 182 Å². The highest BCUT2D eigenvalue weighted by Crippen LogP contribution is 2.53. The number of ether oxygens (including phenoxy) is 1. The molecule has 0 bridgehead atoms. The lowest BCUT2D eigenvalue weighted by molar-refractivity contribution is -0.121. The van der Waals surface area contributed by atoms with E-state index in [0.29, 0.717) is 5.92 Å². The number of hydrogen-bond acceptors (Lipinski definition) is 5. The number of carbonyl (C=O) groups excluding carboxylic acids is 1. The van der Waals surface area contributed by atoms with Gasteiger partial charge in [-0.05, 0) is 76.4 Å². The monoisotopic (exact) mass is 433 g/mol. The van der Waals surface area contributed by atoms with Crippen LogP contribution >= 0.6 is 0 Å². The summed E-state index contributed by atoms with van der Waals surface area (Å²) in [6, 6.07) is 8.61. The standard InChI is InChI=1S/C23H35N3O3S/c1-17(27)24-20-10-13-26(3)23(16-20,18-5-7-21(29-4)8-6-18)19-9-12-25(2)22(15-19)11-14-30(22)28/h5-8,19-20H,9-16H2,1-4H3,(H,24,27). The van der Waals surface area contributed by atoms with E-state index < -0.39 is 10.8 Å². The zero-order chi connectivity index (χ0) is 21.5. The Balaban J connectivity index is 1.75. The number of nitrogens with one attached hydrogen (secondary N) is 1. The number of likely N-dealkylation sites (tertiary alicyclic amines) is 2. The topological polar surface area (TPSA) is 61.9 Å². The lowest BCUT2D eigenvalue weighted by Crippen LogP contribution is -2.66. The molecule has 30 heavy (non-hydrogen) atoms. The summed E-state index contributed by atoms with van der Waals surface area (Å²) in [6.45, 7) is 3.50. The molecular weight excluding hydrogens is 398 g/mol. The van der Waals surface area contributed by atoms with Crippen LogP contribution in [0.5, 0.6) is 5.75 Å². The molecule has 1 aromatic rings. The number of carbonyl (C=O) groups is 1. The highest BCUT2D eigenvalue weighted by Gasteiger charge is 2.57. The molecule has 7 heteroatoms. The summed E-state index contributed by atoms with van der Waals surface area (Å²) in [5.74, 6) is 2.09. The largest absolute Gasteiger partial charge is 0.497 e. The molecule has 3 saturated heterocycles. The molecule has 1 N–H and O–H groups in total. The second kappa shape index (κ2) is 8.24. The zero-order valence-electron chi connectivity index (χ0n) is 18.6. The van der Waals surface area contributed by atoms with Gasteiger partial charge in [0, 0.05) is 36.1 Å². The Morgan fingerprint density at radius 1 is 1.13 bits per heavy atom. The molecule has 0 saturated carbocycles. The Kier molecular flexibility index (Phi) is 5.99. The molecule has 3 aliphatic rings. The average molecular weight is 434 g/mol. The maximum atomic E-state index is 12.8. The van der Waals surface area contributed by atoms with Crippen molar-refractivity contribution in [2.45, 2.75) is 55.5 Å². The molecule has 3 aliphatic heterocycles. The number of hydrogen-bond donors (Lipinski definition) is 1. The van der Waals surface area contributed by atoms with Gasteiger partial charge in [0.25, 0.3) is 0 Å². The first kappa shape index (κ1) is 21.8. The van der Waals surface area contributed by atoms with Crippen LogP contribution in [0, 0.1) is 5.92 Å². The van der Waals surface area contributed by atoms with Gasteiger partial charge in [-0.3, -0.25) is 18.8 Å². The molecule has 1 spiro atoms. The van der Waals surface area contributed by atoms with Gasteiger partial charge in [-0.1, -0.05) is 12.1 Å². The first-order valence-corrected chi connectivity index (χ1v) is 12.4. The van der Waals surface area contributed by atoms with Crippen molar-refractivity contribution in [1.82, 2.24) is 15.1 Å². The smallest absolute Gasteiger partial charge is 0.217 e. The van der Waals surface area contributed by atoms with Crippen molar-refractivity contribution in [3.63, 3.8) is 0 Å². The summed E-state index contributed by atoms with van der Waals surface area (Å²) in [6.07, 6.45) is 4.87. The van der Waals surface area contributed by atoms with Crippen molar-refractivity contribution < 1.29 is 13.7 Å². The van der Waals surface area contributed by atoms with Gasteiger partial charge >= 0.3 is 0 Å². The molecule has 5 atom stereocenters. The minimum Gasteiger partial charge on any atom is -0.497 e. The molecule has 1 aromatic carbocycles. The number of methoxy groups -OCH3 is 1. The zero-order valence-corrected chi connectivity index (χ0v) is 19.5. The molecule has 166 valence electrons. The van der Waals surface area contributed by atoms with E-state index in [9.17, 15) is 9.00 Å². The van der Waals surface area contributed by atoms with E-state index in [1.807, 2.05) is 12.1 Å². The predicted molar refractivity (Wildman–Crippen MR) is 120 cm³/mol. The number of benzene rings is 1. The van der Waals surface area contributed by atoms with E-state index in [0.717, 1.165) is 56.7 Å². The first-order valence-electron chi connectivity index (χ1n) is 11.0. The summed E-state index contributed by atoms with van der Waals surface area (Å²) >= 11 is 0. The Morgan fingerprint density at radius 3 is 2.40 bits per heavy atom. The van der Waals surface area contributed by atoms with Gasteiger partial charge < -0.3 is 10.1 Å². The van der Waals surface area contributed by atoms with Gasteiger partial charge in [-0.25, -0.2) is 0 Å². The van der Waals surface area contributed by atoms with Gasteiger partial charge in [0.2, 0.25) is 5.91 Å². The lowest BCUT2D eigenvalue weighted by Gasteiger charge is -2.60. The maximum Gasteiger partial charge on any atom is 0.217 e. The Bertz CT molecular complexity index is 816. The third kappa shape index (κ3) is 3.49. The minimum atomic E-state index is -0.783. The van der Waals surface area contributed by atoms with E-state index in [-0.39, 0.29) is 22.4 Å². The quantitative estimate of drug-likeness (QED) is 0.790. The fraction of sp³-hybridized carbons (Fsp3) is 0.696. The Hall–Kier alpha value is -1.44. The summed E-state index contributed by atoms with van der Waals surface area (Å²) in [5, 5.41) is 3.19. The summed E-state index contributed by atoms with van der Waals surface area (Å²) in [5.41, 5.74) is 1.08. The van der Waals surface area contributed by atoms with Gasteiger partial charge in [-0.15, -0.1) is 0 Å². The summed E-state index contributed by atoms with van der Waals surface area (Å²) in [7, 11) is 5.26. The molecule has 1 amide bonds. The lowest BCUT2D eigenvalue weighted by atomic mass is 9.65. The molecule has 6 nitrogen and oxygen atoms in total. The van der Waals surface area contributed by atoms with Crippen molar-refractivity contribution in [3.8, 4) is 5.75 Å². The second-order valence-electron chi connectivity index (χ2n) is 9.32. The van der Waals surface area contributed by atoms with Crippen LogP contribution in [0.4, 0.5) is 0 Å². The van der Waals surface area contributed by atoms with E-state index in [2.05, 4.69) is 41.3 Å². The molecular formula is C23H35N3O3S. The van der Waals surface area contributed by atoms with Gasteiger partial charge in [0.05, 0.1) is 17.5 Å². The van der Waals surface area contributed by atoms with E-state index in [1.54, 1.807) is 14.0 Å². The number of rotatable bonds is 4.